The molecule has 142 valence electrons. The maximum Gasteiger partial charge on any atom is 0.178 e. The molecule has 5 nitrogen and oxygen atoms in total. The molecule has 1 heterocycles. The summed E-state index contributed by atoms with van der Waals surface area (Å²) in [5, 5.41) is 14.2. The molecular formula is C19H18Cl2N2O3S. The summed E-state index contributed by atoms with van der Waals surface area (Å²) in [5.74, 6) is -0.0866. The zero-order valence-electron chi connectivity index (χ0n) is 14.6. The van der Waals surface area contributed by atoms with Gasteiger partial charge in [-0.05, 0) is 49.2 Å². The molecule has 0 atom stereocenters. The van der Waals surface area contributed by atoms with E-state index in [0.29, 0.717) is 10.2 Å². The first kappa shape index (κ1) is 19.9. The molecule has 2 aromatic carbocycles. The second kappa shape index (κ2) is 8.02. The van der Waals surface area contributed by atoms with Gasteiger partial charge in [-0.25, -0.2) is 13.1 Å². The van der Waals surface area contributed by atoms with E-state index in [4.69, 9.17) is 28.3 Å². The lowest BCUT2D eigenvalue weighted by atomic mass is 10.1. The Labute approximate surface area is 168 Å². The van der Waals surface area contributed by atoms with Gasteiger partial charge >= 0.3 is 0 Å². The molecule has 27 heavy (non-hydrogen) atoms. The third-order valence-corrected chi connectivity index (χ3v) is 6.57. The Bertz CT molecular complexity index is 1060. The van der Waals surface area contributed by atoms with E-state index >= 15 is 0 Å². The summed E-state index contributed by atoms with van der Waals surface area (Å²) in [6.45, 7) is 1.75. The number of nitrogens with zero attached hydrogens (tertiary/aromatic N) is 2. The lowest BCUT2D eigenvalue weighted by molar-refractivity contribution is 0.295. The van der Waals surface area contributed by atoms with Gasteiger partial charge in [-0.3, -0.25) is 0 Å². The molecule has 3 aromatic rings. The summed E-state index contributed by atoms with van der Waals surface area (Å²) in [5.41, 5.74) is 3.24. The van der Waals surface area contributed by atoms with E-state index in [-0.39, 0.29) is 23.7 Å². The molecule has 0 aliphatic carbocycles. The Morgan fingerprint density at radius 3 is 2.41 bits per heavy atom. The second-order valence-electron chi connectivity index (χ2n) is 6.12. The van der Waals surface area contributed by atoms with Crippen molar-refractivity contribution in [3.05, 3.63) is 64.3 Å². The molecular weight excluding hydrogens is 407 g/mol. The summed E-state index contributed by atoms with van der Waals surface area (Å²) in [6.07, 6.45) is 0.211. The van der Waals surface area contributed by atoms with Crippen LogP contribution in [0.25, 0.3) is 16.9 Å². The number of sulfone groups is 1. The van der Waals surface area contributed by atoms with Crippen molar-refractivity contribution in [1.29, 1.82) is 0 Å². The minimum atomic E-state index is -3.41. The van der Waals surface area contributed by atoms with Gasteiger partial charge in [0.2, 0.25) is 0 Å². The Morgan fingerprint density at radius 2 is 1.78 bits per heavy atom. The van der Waals surface area contributed by atoms with Gasteiger partial charge in [-0.1, -0.05) is 35.3 Å². The molecule has 0 bridgehead atoms. The fourth-order valence-corrected chi connectivity index (χ4v) is 4.31. The van der Waals surface area contributed by atoms with E-state index in [0.717, 1.165) is 22.5 Å². The average Bonchev–Trinajstić information content (AvgIpc) is 3.04. The average molecular weight is 425 g/mol. The van der Waals surface area contributed by atoms with Crippen LogP contribution in [0.15, 0.2) is 53.4 Å². The number of rotatable bonds is 6. The highest BCUT2D eigenvalue weighted by molar-refractivity contribution is 7.91. The minimum Gasteiger partial charge on any atom is -0.396 e. The number of aryl methyl sites for hydroxylation is 1. The summed E-state index contributed by atoms with van der Waals surface area (Å²) in [7, 11) is -3.41. The van der Waals surface area contributed by atoms with Gasteiger partial charge in [-0.2, -0.15) is 5.10 Å². The van der Waals surface area contributed by atoms with Crippen LogP contribution >= 0.6 is 23.2 Å². The van der Waals surface area contributed by atoms with E-state index in [1.54, 1.807) is 41.1 Å². The van der Waals surface area contributed by atoms with Crippen LogP contribution in [0.4, 0.5) is 0 Å². The van der Waals surface area contributed by atoms with Gasteiger partial charge in [0, 0.05) is 23.3 Å². The predicted molar refractivity (Wildman–Crippen MR) is 108 cm³/mol. The first-order valence-electron chi connectivity index (χ1n) is 8.28. The monoisotopic (exact) mass is 424 g/mol. The van der Waals surface area contributed by atoms with Gasteiger partial charge in [0.05, 0.1) is 22.0 Å². The van der Waals surface area contributed by atoms with E-state index in [1.165, 1.54) is 0 Å². The lowest BCUT2D eigenvalue weighted by Crippen LogP contribution is -2.08. The van der Waals surface area contributed by atoms with E-state index in [2.05, 4.69) is 5.10 Å². The van der Waals surface area contributed by atoms with Gasteiger partial charge in [0.1, 0.15) is 0 Å². The fraction of sp³-hybridized carbons (Fsp3) is 0.211. The molecule has 0 aliphatic heterocycles. The highest BCUT2D eigenvalue weighted by atomic mass is 35.5. The van der Waals surface area contributed by atoms with Crippen molar-refractivity contribution in [2.45, 2.75) is 18.2 Å². The zero-order chi connectivity index (χ0) is 19.6. The summed E-state index contributed by atoms with van der Waals surface area (Å²) >= 11 is 12.2. The molecule has 8 heteroatoms. The van der Waals surface area contributed by atoms with Crippen molar-refractivity contribution >= 4 is 33.0 Å². The quantitative estimate of drug-likeness (QED) is 0.639. The Balaban J connectivity index is 1.99. The van der Waals surface area contributed by atoms with Crippen LogP contribution < -0.4 is 0 Å². The largest absolute Gasteiger partial charge is 0.396 e. The molecule has 0 radical (unpaired) electrons. The van der Waals surface area contributed by atoms with Crippen molar-refractivity contribution in [1.82, 2.24) is 9.78 Å². The smallest absolute Gasteiger partial charge is 0.178 e. The molecule has 0 unspecified atom stereocenters. The highest BCUT2D eigenvalue weighted by Crippen LogP contribution is 2.28. The van der Waals surface area contributed by atoms with Crippen molar-refractivity contribution in [3.8, 4) is 16.9 Å². The number of aliphatic hydroxyl groups is 1. The summed E-state index contributed by atoms with van der Waals surface area (Å²) in [4.78, 5) is 0.221. The fourth-order valence-electron chi connectivity index (χ4n) is 2.72. The molecule has 1 aromatic heterocycles. The van der Waals surface area contributed by atoms with Gasteiger partial charge < -0.3 is 5.11 Å². The van der Waals surface area contributed by atoms with E-state index < -0.39 is 9.84 Å². The van der Waals surface area contributed by atoms with Crippen molar-refractivity contribution in [3.63, 3.8) is 0 Å². The second-order valence-corrected chi connectivity index (χ2v) is 9.02. The van der Waals surface area contributed by atoms with Crippen molar-refractivity contribution in [2.75, 3.05) is 12.4 Å². The molecule has 0 saturated heterocycles. The number of aromatic nitrogens is 2. The SMILES string of the molecule is Cc1cc(-n2nc(Cl)cc2-c2ccc(S(=O)(=O)CCCO)cc2)ccc1Cl. The molecule has 1 N–H and O–H groups in total. The minimum absolute atomic E-state index is 0.0866. The maximum absolute atomic E-state index is 12.2. The standard InChI is InChI=1S/C19H18Cl2N2O3S/c1-13-11-15(5-8-17(13)20)23-18(12-19(21)22-23)14-3-6-16(7-4-14)27(25,26)10-2-9-24/h3-8,11-12,24H,2,9-10H2,1H3. The lowest BCUT2D eigenvalue weighted by Gasteiger charge is -2.10. The van der Waals surface area contributed by atoms with E-state index in [1.807, 2.05) is 19.1 Å². The van der Waals surface area contributed by atoms with Crippen LogP contribution in [0, 0.1) is 6.92 Å². The molecule has 0 aliphatic rings. The first-order chi connectivity index (χ1) is 12.8. The number of hydrogen-bond acceptors (Lipinski definition) is 4. The summed E-state index contributed by atoms with van der Waals surface area (Å²) in [6, 6.07) is 13.8. The number of aliphatic hydroxyl groups excluding tert-OH is 1. The molecule has 0 saturated carbocycles. The van der Waals surface area contributed by atoms with Crippen LogP contribution in [0.3, 0.4) is 0 Å². The van der Waals surface area contributed by atoms with Gasteiger partial charge in [0.25, 0.3) is 0 Å². The highest BCUT2D eigenvalue weighted by Gasteiger charge is 2.16. The molecule has 3 rings (SSSR count). The number of benzene rings is 2. The van der Waals surface area contributed by atoms with Crippen LogP contribution in [-0.2, 0) is 9.84 Å². The van der Waals surface area contributed by atoms with Crippen LogP contribution in [0.2, 0.25) is 10.2 Å². The molecule has 0 amide bonds. The molecule has 0 fully saturated rings. The normalized spacial score (nSPS) is 11.7. The number of hydrogen-bond donors (Lipinski definition) is 1. The van der Waals surface area contributed by atoms with Crippen LogP contribution in [0.1, 0.15) is 12.0 Å². The maximum atomic E-state index is 12.2. The Hall–Kier alpha value is -1.86. The third kappa shape index (κ3) is 4.35. The van der Waals surface area contributed by atoms with Crippen molar-refractivity contribution < 1.29 is 13.5 Å². The van der Waals surface area contributed by atoms with Crippen molar-refractivity contribution in [2.24, 2.45) is 0 Å². The topological polar surface area (TPSA) is 72.2 Å². The third-order valence-electron chi connectivity index (χ3n) is 4.15. The molecule has 0 spiro atoms. The van der Waals surface area contributed by atoms with Crippen LogP contribution in [0.5, 0.6) is 0 Å². The Morgan fingerprint density at radius 1 is 1.07 bits per heavy atom. The predicted octanol–water partition coefficient (Wildman–Crippen LogP) is 4.31. The van der Waals surface area contributed by atoms with Gasteiger partial charge in [0.15, 0.2) is 15.0 Å². The summed E-state index contributed by atoms with van der Waals surface area (Å²) < 4.78 is 26.2. The van der Waals surface area contributed by atoms with Crippen LogP contribution in [-0.4, -0.2) is 35.7 Å². The van der Waals surface area contributed by atoms with Gasteiger partial charge in [-0.15, -0.1) is 0 Å². The van der Waals surface area contributed by atoms with E-state index in [9.17, 15) is 8.42 Å². The zero-order valence-corrected chi connectivity index (χ0v) is 16.9. The first-order valence-corrected chi connectivity index (χ1v) is 10.7. The Kier molecular flexibility index (Phi) is 5.91. The number of halogens is 2.